The summed E-state index contributed by atoms with van der Waals surface area (Å²) in [5.74, 6) is 0.509. The van der Waals surface area contributed by atoms with E-state index >= 15 is 0 Å². The third-order valence-corrected chi connectivity index (χ3v) is 3.30. The van der Waals surface area contributed by atoms with Crippen molar-refractivity contribution in [3.63, 3.8) is 0 Å². The number of nitrogens with zero attached hydrogens (tertiary/aromatic N) is 1. The lowest BCUT2D eigenvalue weighted by Gasteiger charge is -2.24. The maximum Gasteiger partial charge on any atom is 0.256 e. The van der Waals surface area contributed by atoms with E-state index in [1.54, 1.807) is 0 Å². The van der Waals surface area contributed by atoms with Crippen LogP contribution in [0.4, 0.5) is 0 Å². The highest BCUT2D eigenvalue weighted by Gasteiger charge is 2.43. The monoisotopic (exact) mass is 245 g/mol. The van der Waals surface area contributed by atoms with E-state index in [-0.39, 0.29) is 5.91 Å². The smallest absolute Gasteiger partial charge is 0.256 e. The Bertz CT molecular complexity index is 522. The van der Waals surface area contributed by atoms with Gasteiger partial charge in [0.05, 0.1) is 0 Å². The Labute approximate surface area is 108 Å². The topological polar surface area (TPSA) is 53.5 Å². The van der Waals surface area contributed by atoms with Crippen molar-refractivity contribution in [3.8, 4) is 0 Å². The molecule has 0 aliphatic carbocycles. The molecule has 1 fully saturated rings. The first kappa shape index (κ1) is 12.6. The van der Waals surface area contributed by atoms with Gasteiger partial charge in [0, 0.05) is 6.54 Å². The third kappa shape index (κ3) is 1.98. The molecule has 4 nitrogen and oxygen atoms in total. The van der Waals surface area contributed by atoms with Crippen LogP contribution in [-0.2, 0) is 10.3 Å². The number of guanidine groups is 1. The summed E-state index contributed by atoms with van der Waals surface area (Å²) >= 11 is 0. The van der Waals surface area contributed by atoms with E-state index < -0.39 is 5.54 Å². The Hall–Kier alpha value is -1.84. The number of carbonyl (C=O) groups is 1. The Morgan fingerprint density at radius 2 is 2.06 bits per heavy atom. The molecule has 1 aromatic rings. The highest BCUT2D eigenvalue weighted by Crippen LogP contribution is 2.27. The van der Waals surface area contributed by atoms with E-state index in [0.29, 0.717) is 12.5 Å². The van der Waals surface area contributed by atoms with Crippen LogP contribution in [0.15, 0.2) is 23.2 Å². The number of rotatable bonds is 2. The summed E-state index contributed by atoms with van der Waals surface area (Å²) in [5, 5.41) is 5.98. The van der Waals surface area contributed by atoms with Gasteiger partial charge < -0.3 is 5.32 Å². The highest BCUT2D eigenvalue weighted by molar-refractivity contribution is 6.09. The van der Waals surface area contributed by atoms with Gasteiger partial charge >= 0.3 is 0 Å². The average molecular weight is 245 g/mol. The molecular weight excluding hydrogens is 226 g/mol. The minimum Gasteiger partial charge on any atom is -0.338 e. The summed E-state index contributed by atoms with van der Waals surface area (Å²) in [6.45, 7) is 8.52. The lowest BCUT2D eigenvalue weighted by molar-refractivity contribution is -0.123. The summed E-state index contributed by atoms with van der Waals surface area (Å²) in [5.41, 5.74) is 2.52. The van der Waals surface area contributed by atoms with Crippen molar-refractivity contribution in [1.29, 1.82) is 0 Å². The van der Waals surface area contributed by atoms with Crippen molar-refractivity contribution in [2.45, 2.75) is 33.2 Å². The molecule has 18 heavy (non-hydrogen) atoms. The first-order valence-corrected chi connectivity index (χ1v) is 6.19. The van der Waals surface area contributed by atoms with Gasteiger partial charge in [-0.15, -0.1) is 0 Å². The highest BCUT2D eigenvalue weighted by atomic mass is 16.2. The zero-order chi connectivity index (χ0) is 13.3. The lowest BCUT2D eigenvalue weighted by atomic mass is 9.87. The molecule has 1 amide bonds. The summed E-state index contributed by atoms with van der Waals surface area (Å²) in [6.07, 6.45) is 0. The number of carbonyl (C=O) groups excluding carboxylic acids is 1. The normalized spacial score (nSPS) is 25.1. The maximum absolute atomic E-state index is 12.2. The number of amides is 1. The minimum atomic E-state index is -0.732. The van der Waals surface area contributed by atoms with Crippen LogP contribution in [0.2, 0.25) is 0 Å². The molecule has 2 N–H and O–H groups in total. The van der Waals surface area contributed by atoms with Crippen LogP contribution in [0.5, 0.6) is 0 Å². The van der Waals surface area contributed by atoms with Crippen LogP contribution in [0, 0.1) is 13.8 Å². The molecule has 1 aliphatic heterocycles. The van der Waals surface area contributed by atoms with Crippen molar-refractivity contribution >= 4 is 11.9 Å². The van der Waals surface area contributed by atoms with Crippen LogP contribution < -0.4 is 10.6 Å². The van der Waals surface area contributed by atoms with Gasteiger partial charge in [0.25, 0.3) is 5.91 Å². The molecule has 4 heteroatoms. The van der Waals surface area contributed by atoms with Crippen LogP contribution >= 0.6 is 0 Å². The molecule has 0 radical (unpaired) electrons. The van der Waals surface area contributed by atoms with Gasteiger partial charge in [0.1, 0.15) is 5.54 Å². The van der Waals surface area contributed by atoms with E-state index in [1.165, 1.54) is 0 Å². The zero-order valence-corrected chi connectivity index (χ0v) is 11.3. The fourth-order valence-electron chi connectivity index (χ4n) is 2.26. The second-order valence-electron chi connectivity index (χ2n) is 4.85. The SMILES string of the molecule is CCN=C1NC(=O)C(C)(c2cc(C)ccc2C)N1. The summed E-state index contributed by atoms with van der Waals surface area (Å²) < 4.78 is 0. The predicted octanol–water partition coefficient (Wildman–Crippen LogP) is 1.61. The molecule has 1 heterocycles. The largest absolute Gasteiger partial charge is 0.338 e. The van der Waals surface area contributed by atoms with Gasteiger partial charge in [-0.3, -0.25) is 15.1 Å². The van der Waals surface area contributed by atoms with Crippen LogP contribution in [0.25, 0.3) is 0 Å². The van der Waals surface area contributed by atoms with Crippen molar-refractivity contribution in [2.24, 2.45) is 4.99 Å². The average Bonchev–Trinajstić information content (AvgIpc) is 2.59. The molecule has 1 atom stereocenters. The van der Waals surface area contributed by atoms with Crippen LogP contribution in [0.3, 0.4) is 0 Å². The molecular formula is C14H19N3O. The molecule has 1 aromatic carbocycles. The first-order valence-electron chi connectivity index (χ1n) is 6.19. The van der Waals surface area contributed by atoms with E-state index in [0.717, 1.165) is 16.7 Å². The Morgan fingerprint density at radius 1 is 1.33 bits per heavy atom. The summed E-state index contributed by atoms with van der Waals surface area (Å²) in [7, 11) is 0. The number of aryl methyl sites for hydroxylation is 2. The molecule has 2 rings (SSSR count). The molecule has 0 saturated carbocycles. The maximum atomic E-state index is 12.2. The molecule has 96 valence electrons. The molecule has 1 unspecified atom stereocenters. The number of hydrogen-bond donors (Lipinski definition) is 2. The van der Waals surface area contributed by atoms with Gasteiger partial charge in [-0.1, -0.05) is 23.8 Å². The van der Waals surface area contributed by atoms with Crippen molar-refractivity contribution in [3.05, 3.63) is 34.9 Å². The Balaban J connectivity index is 2.46. The molecule has 1 aliphatic rings. The minimum absolute atomic E-state index is 0.0524. The standard InChI is InChI=1S/C14H19N3O/c1-5-15-13-16-12(18)14(4,17-13)11-8-9(2)6-7-10(11)3/h6-8H,5H2,1-4H3,(H2,15,16,17,18). The van der Waals surface area contributed by atoms with Crippen molar-refractivity contribution in [1.82, 2.24) is 10.6 Å². The molecule has 0 spiro atoms. The predicted molar refractivity (Wildman–Crippen MR) is 72.5 cm³/mol. The summed E-state index contributed by atoms with van der Waals surface area (Å²) in [6, 6.07) is 6.15. The second kappa shape index (κ2) is 4.44. The number of aliphatic imine (C=N–C) groups is 1. The molecule has 1 saturated heterocycles. The number of hydrogen-bond acceptors (Lipinski definition) is 2. The van der Waals surface area contributed by atoms with E-state index in [4.69, 9.17) is 0 Å². The summed E-state index contributed by atoms with van der Waals surface area (Å²) in [4.78, 5) is 16.4. The fourth-order valence-corrected chi connectivity index (χ4v) is 2.26. The van der Waals surface area contributed by atoms with Crippen LogP contribution in [-0.4, -0.2) is 18.4 Å². The van der Waals surface area contributed by atoms with Gasteiger partial charge in [-0.05, 0) is 38.8 Å². The quantitative estimate of drug-likeness (QED) is 0.831. The lowest BCUT2D eigenvalue weighted by Crippen LogP contribution is -2.41. The van der Waals surface area contributed by atoms with Crippen molar-refractivity contribution in [2.75, 3.05) is 6.54 Å². The number of benzene rings is 1. The van der Waals surface area contributed by atoms with Gasteiger partial charge in [-0.25, -0.2) is 0 Å². The Morgan fingerprint density at radius 3 is 2.72 bits per heavy atom. The van der Waals surface area contributed by atoms with Crippen LogP contribution in [0.1, 0.15) is 30.5 Å². The third-order valence-electron chi connectivity index (χ3n) is 3.30. The fraction of sp³-hybridized carbons (Fsp3) is 0.429. The Kier molecular flexibility index (Phi) is 3.11. The number of nitrogens with one attached hydrogen (secondary N) is 2. The second-order valence-corrected chi connectivity index (χ2v) is 4.85. The molecule has 0 bridgehead atoms. The van der Waals surface area contributed by atoms with Crippen molar-refractivity contribution < 1.29 is 4.79 Å². The first-order chi connectivity index (χ1) is 8.47. The molecule has 0 aromatic heterocycles. The van der Waals surface area contributed by atoms with Gasteiger partial charge in [0.15, 0.2) is 5.96 Å². The van der Waals surface area contributed by atoms with E-state index in [9.17, 15) is 4.79 Å². The van der Waals surface area contributed by atoms with E-state index in [2.05, 4.69) is 27.8 Å². The van der Waals surface area contributed by atoms with Gasteiger partial charge in [-0.2, -0.15) is 0 Å². The van der Waals surface area contributed by atoms with E-state index in [1.807, 2.05) is 33.8 Å². The zero-order valence-electron chi connectivity index (χ0n) is 11.3. The van der Waals surface area contributed by atoms with Gasteiger partial charge in [0.2, 0.25) is 0 Å².